The van der Waals surface area contributed by atoms with E-state index >= 15 is 0 Å². The molecule has 1 amide bonds. The van der Waals surface area contributed by atoms with Crippen molar-refractivity contribution < 1.29 is 4.79 Å². The largest absolute Gasteiger partial charge is 0.310 e. The minimum Gasteiger partial charge on any atom is -0.310 e. The van der Waals surface area contributed by atoms with E-state index in [4.69, 9.17) is 11.6 Å². The van der Waals surface area contributed by atoms with Gasteiger partial charge in [-0.05, 0) is 42.4 Å². The van der Waals surface area contributed by atoms with Gasteiger partial charge in [0.1, 0.15) is 0 Å². The lowest BCUT2D eigenvalue weighted by Gasteiger charge is -2.19. The molecule has 1 aromatic rings. The van der Waals surface area contributed by atoms with Gasteiger partial charge < -0.3 is 4.90 Å². The zero-order valence-corrected chi connectivity index (χ0v) is 14.5. The van der Waals surface area contributed by atoms with Crippen molar-refractivity contribution in [3.63, 3.8) is 0 Å². The third kappa shape index (κ3) is 1.95. The Morgan fingerprint density at radius 2 is 2.18 bits per heavy atom. The van der Waals surface area contributed by atoms with E-state index < -0.39 is 0 Å². The molecule has 3 unspecified atom stereocenters. The molecule has 0 radical (unpaired) electrons. The van der Waals surface area contributed by atoms with Crippen molar-refractivity contribution in [2.45, 2.75) is 18.3 Å². The van der Waals surface area contributed by atoms with Crippen LogP contribution < -0.4 is 4.90 Å². The number of benzene rings is 1. The number of hydrogen-bond acceptors (Lipinski definition) is 1. The Labute approximate surface area is 144 Å². The summed E-state index contributed by atoms with van der Waals surface area (Å²) in [4.78, 5) is 15.1. The van der Waals surface area contributed by atoms with Crippen LogP contribution in [0.25, 0.3) is 0 Å². The number of hydrogen-bond donors (Lipinski definition) is 0. The number of anilines is 1. The molecule has 0 bridgehead atoms. The lowest BCUT2D eigenvalue weighted by molar-refractivity contribution is -0.120. The van der Waals surface area contributed by atoms with Crippen LogP contribution >= 0.6 is 27.5 Å². The second kappa shape index (κ2) is 5.24. The first-order chi connectivity index (χ1) is 10.7. The Balaban J connectivity index is 1.69. The average Bonchev–Trinajstić information content (AvgIpc) is 3.24. The van der Waals surface area contributed by atoms with Crippen molar-refractivity contribution >= 4 is 39.1 Å². The van der Waals surface area contributed by atoms with Crippen LogP contribution in [-0.2, 0) is 10.2 Å². The molecular formula is C18H17BrClNO. The van der Waals surface area contributed by atoms with Gasteiger partial charge >= 0.3 is 0 Å². The quantitative estimate of drug-likeness (QED) is 0.715. The molecule has 2 nitrogen and oxygen atoms in total. The van der Waals surface area contributed by atoms with Crippen molar-refractivity contribution in [1.82, 2.24) is 0 Å². The molecular weight excluding hydrogens is 362 g/mol. The fourth-order valence-corrected chi connectivity index (χ4v) is 4.64. The third-order valence-corrected chi connectivity index (χ3v) is 5.86. The molecule has 0 N–H and O–H groups in total. The van der Waals surface area contributed by atoms with Gasteiger partial charge in [0.25, 0.3) is 0 Å². The maximum atomic E-state index is 13.1. The minimum absolute atomic E-state index is 0.284. The summed E-state index contributed by atoms with van der Waals surface area (Å²) in [6.07, 6.45) is 8.13. The highest BCUT2D eigenvalue weighted by atomic mass is 79.9. The molecule has 2 aliphatic carbocycles. The van der Waals surface area contributed by atoms with E-state index in [9.17, 15) is 4.79 Å². The first-order valence-electron chi connectivity index (χ1n) is 7.70. The van der Waals surface area contributed by atoms with E-state index in [1.807, 2.05) is 23.1 Å². The molecule has 1 spiro atoms. The van der Waals surface area contributed by atoms with Crippen LogP contribution in [0.15, 0.2) is 47.5 Å². The summed E-state index contributed by atoms with van der Waals surface area (Å²) in [6.45, 7) is 0.733. The number of rotatable bonds is 3. The maximum Gasteiger partial charge on any atom is 0.238 e. The van der Waals surface area contributed by atoms with E-state index in [-0.39, 0.29) is 11.3 Å². The van der Waals surface area contributed by atoms with Crippen LogP contribution in [0, 0.1) is 11.8 Å². The number of carbonyl (C=O) groups excluding carboxylic acids is 1. The molecule has 0 saturated heterocycles. The first kappa shape index (κ1) is 14.5. The number of allylic oxidation sites excluding steroid dienone is 4. The number of para-hydroxylation sites is 1. The highest BCUT2D eigenvalue weighted by Gasteiger charge is 2.67. The highest BCUT2D eigenvalue weighted by Crippen LogP contribution is 2.65. The predicted molar refractivity (Wildman–Crippen MR) is 93.6 cm³/mol. The Morgan fingerprint density at radius 3 is 2.91 bits per heavy atom. The number of nitrogens with zero attached hydrogens (tertiary/aromatic N) is 1. The van der Waals surface area contributed by atoms with Gasteiger partial charge in [-0.15, -0.1) is 0 Å². The van der Waals surface area contributed by atoms with Crippen LogP contribution in [0.5, 0.6) is 0 Å². The van der Waals surface area contributed by atoms with Crippen molar-refractivity contribution in [3.05, 3.63) is 53.1 Å². The summed E-state index contributed by atoms with van der Waals surface area (Å²) in [7, 11) is 0. The summed E-state index contributed by atoms with van der Waals surface area (Å²) in [5, 5.41) is 1.61. The number of carbonyl (C=O) groups is 1. The lowest BCUT2D eigenvalue weighted by Crippen LogP contribution is -2.35. The lowest BCUT2D eigenvalue weighted by atomic mass is 9.86. The smallest absolute Gasteiger partial charge is 0.238 e. The van der Waals surface area contributed by atoms with Crippen LogP contribution in [0.1, 0.15) is 18.4 Å². The molecule has 1 aromatic carbocycles. The number of alkyl halides is 1. The molecule has 1 heterocycles. The van der Waals surface area contributed by atoms with Crippen LogP contribution in [0.4, 0.5) is 5.69 Å². The molecule has 3 aliphatic rings. The fraction of sp³-hybridized carbons (Fsp3) is 0.389. The summed E-state index contributed by atoms with van der Waals surface area (Å²) < 4.78 is 0. The van der Waals surface area contributed by atoms with Crippen LogP contribution in [0.3, 0.4) is 0 Å². The number of halogens is 2. The van der Waals surface area contributed by atoms with Gasteiger partial charge in [0.2, 0.25) is 5.91 Å². The normalized spacial score (nSPS) is 32.4. The highest BCUT2D eigenvalue weighted by molar-refractivity contribution is 9.09. The van der Waals surface area contributed by atoms with Gasteiger partial charge in [-0.2, -0.15) is 0 Å². The molecule has 22 heavy (non-hydrogen) atoms. The van der Waals surface area contributed by atoms with E-state index in [1.54, 1.807) is 0 Å². The van der Waals surface area contributed by atoms with E-state index in [2.05, 4.69) is 40.2 Å². The van der Waals surface area contributed by atoms with Gasteiger partial charge in [-0.25, -0.2) is 0 Å². The summed E-state index contributed by atoms with van der Waals surface area (Å²) in [5.41, 5.74) is 2.04. The van der Waals surface area contributed by atoms with Crippen molar-refractivity contribution in [1.29, 1.82) is 0 Å². The van der Waals surface area contributed by atoms with E-state index in [0.717, 1.165) is 35.4 Å². The summed E-state index contributed by atoms with van der Waals surface area (Å²) >= 11 is 9.49. The topological polar surface area (TPSA) is 20.3 Å². The molecule has 0 aromatic heterocycles. The summed E-state index contributed by atoms with van der Waals surface area (Å²) in [5.74, 6) is 1.11. The minimum atomic E-state index is -0.286. The zero-order chi connectivity index (χ0) is 15.3. The summed E-state index contributed by atoms with van der Waals surface area (Å²) in [6, 6.07) is 8.28. The second-order valence-corrected chi connectivity index (χ2v) is 7.52. The predicted octanol–water partition coefficient (Wildman–Crippen LogP) is 4.38. The van der Waals surface area contributed by atoms with Gasteiger partial charge in [-0.3, -0.25) is 4.79 Å². The molecule has 1 aliphatic heterocycles. The van der Waals surface area contributed by atoms with Crippen molar-refractivity contribution in [3.8, 4) is 0 Å². The van der Waals surface area contributed by atoms with E-state index in [0.29, 0.717) is 11.8 Å². The van der Waals surface area contributed by atoms with Gasteiger partial charge in [0, 0.05) is 22.6 Å². The zero-order valence-electron chi connectivity index (χ0n) is 12.1. The molecule has 4 rings (SSSR count). The molecule has 114 valence electrons. The Bertz CT molecular complexity index is 698. The second-order valence-electron chi connectivity index (χ2n) is 6.29. The SMILES string of the molecule is O=C1N(CCBr)c2ccccc2C12CC2C1C=CC(Cl)=CC1. The van der Waals surface area contributed by atoms with Crippen LogP contribution in [-0.4, -0.2) is 17.8 Å². The standard InChI is InChI=1S/C18H17BrClNO/c19-9-10-21-16-4-2-1-3-14(16)18(17(21)22)11-15(18)12-5-7-13(20)8-6-12/h1-5,7-8,12,15H,6,9-11H2. The van der Waals surface area contributed by atoms with E-state index in [1.165, 1.54) is 5.56 Å². The molecule has 3 atom stereocenters. The fourth-order valence-electron chi connectivity index (χ4n) is 4.13. The molecule has 1 saturated carbocycles. The molecule has 1 fully saturated rings. The van der Waals surface area contributed by atoms with Crippen LogP contribution in [0.2, 0.25) is 0 Å². The Kier molecular flexibility index (Phi) is 3.46. The van der Waals surface area contributed by atoms with Crippen molar-refractivity contribution in [2.75, 3.05) is 16.8 Å². The average molecular weight is 379 g/mol. The number of amides is 1. The van der Waals surface area contributed by atoms with Gasteiger partial charge in [0.05, 0.1) is 5.41 Å². The number of fused-ring (bicyclic) bond motifs is 2. The Hall–Kier alpha value is -1.06. The van der Waals surface area contributed by atoms with Crippen molar-refractivity contribution in [2.24, 2.45) is 11.8 Å². The Morgan fingerprint density at radius 1 is 1.36 bits per heavy atom. The monoisotopic (exact) mass is 377 g/mol. The van der Waals surface area contributed by atoms with Gasteiger partial charge in [0.15, 0.2) is 0 Å². The molecule has 4 heteroatoms. The maximum absolute atomic E-state index is 13.1. The third-order valence-electron chi connectivity index (χ3n) is 5.23. The first-order valence-corrected chi connectivity index (χ1v) is 9.19. The van der Waals surface area contributed by atoms with Gasteiger partial charge in [-0.1, -0.05) is 57.9 Å².